The molecule has 2 aliphatic rings. The Labute approximate surface area is 129 Å². The smallest absolute Gasteiger partial charge is 0.327 e. The summed E-state index contributed by atoms with van der Waals surface area (Å²) in [5.41, 5.74) is -0.897. The lowest BCUT2D eigenvalue weighted by Crippen LogP contribution is -2.31. The van der Waals surface area contributed by atoms with Crippen molar-refractivity contribution in [1.29, 1.82) is 0 Å². The fraction of sp³-hybridized carbons (Fsp3) is 0.615. The monoisotopic (exact) mass is 324 g/mol. The van der Waals surface area contributed by atoms with Crippen LogP contribution in [0.1, 0.15) is 20.1 Å². The summed E-state index contributed by atoms with van der Waals surface area (Å²) in [6.45, 7) is 3.31. The molecule has 2 aromatic heterocycles. The number of imidazole rings is 1. The van der Waals surface area contributed by atoms with Crippen LogP contribution in [0.2, 0.25) is 0 Å². The summed E-state index contributed by atoms with van der Waals surface area (Å²) in [5.74, 6) is -0.813. The molecule has 124 valence electrons. The van der Waals surface area contributed by atoms with Gasteiger partial charge >= 0.3 is 5.69 Å². The van der Waals surface area contributed by atoms with Crippen LogP contribution in [0.25, 0.3) is 11.2 Å². The van der Waals surface area contributed by atoms with Crippen LogP contribution in [-0.4, -0.2) is 55.3 Å². The van der Waals surface area contributed by atoms with E-state index in [1.807, 2.05) is 0 Å². The molecule has 2 aromatic rings. The molecule has 2 saturated heterocycles. The number of hydrogen-bond donors (Lipinski definition) is 3. The summed E-state index contributed by atoms with van der Waals surface area (Å²) in [5, 5.41) is 9.50. The molecule has 0 radical (unpaired) electrons. The summed E-state index contributed by atoms with van der Waals surface area (Å²) < 4.78 is 19.0. The number of rotatable bonds is 2. The zero-order valence-corrected chi connectivity index (χ0v) is 12.5. The Morgan fingerprint density at radius 3 is 2.78 bits per heavy atom. The average Bonchev–Trinajstić information content (AvgIpc) is 3.09. The normalized spacial score (nSPS) is 32.5. The molecule has 2 aliphatic heterocycles. The van der Waals surface area contributed by atoms with Gasteiger partial charge in [-0.25, -0.2) is 9.78 Å². The molecular formula is C13H16N4O6. The Morgan fingerprint density at radius 1 is 1.30 bits per heavy atom. The van der Waals surface area contributed by atoms with Crippen LogP contribution >= 0.6 is 0 Å². The number of fused-ring (bicyclic) bond motifs is 2. The average molecular weight is 324 g/mol. The van der Waals surface area contributed by atoms with E-state index in [0.717, 1.165) is 0 Å². The van der Waals surface area contributed by atoms with E-state index in [-0.39, 0.29) is 17.8 Å². The molecule has 10 heteroatoms. The van der Waals surface area contributed by atoms with Gasteiger partial charge in [-0.2, -0.15) is 0 Å². The first-order valence-corrected chi connectivity index (χ1v) is 7.21. The molecule has 4 atom stereocenters. The SMILES string of the molecule is CC1(C)OC2C(CO)OC(n3cnc4c(=O)[nH]c(=O)[nH]c43)C2O1. The highest BCUT2D eigenvalue weighted by Crippen LogP contribution is 2.43. The molecule has 0 aromatic carbocycles. The van der Waals surface area contributed by atoms with Crippen LogP contribution in [0.5, 0.6) is 0 Å². The van der Waals surface area contributed by atoms with Crippen LogP contribution in [0.3, 0.4) is 0 Å². The van der Waals surface area contributed by atoms with E-state index in [1.165, 1.54) is 10.9 Å². The first-order valence-electron chi connectivity index (χ1n) is 7.21. The molecule has 2 fully saturated rings. The molecule has 0 saturated carbocycles. The standard InChI is InChI=1S/C13H16N4O6/c1-13(2)22-7-5(3-18)21-11(8(7)23-13)17-4-14-6-9(17)15-12(20)16-10(6)19/h4-5,7-8,11,18H,3H2,1-2H3,(H2,15,16,19,20). The second kappa shape index (κ2) is 4.74. The van der Waals surface area contributed by atoms with E-state index in [1.54, 1.807) is 13.8 Å². The lowest BCUT2D eigenvalue weighted by molar-refractivity contribution is -0.199. The Balaban J connectivity index is 1.82. The summed E-state index contributed by atoms with van der Waals surface area (Å²) in [7, 11) is 0. The van der Waals surface area contributed by atoms with Crippen molar-refractivity contribution in [1.82, 2.24) is 19.5 Å². The van der Waals surface area contributed by atoms with Crippen LogP contribution in [0.15, 0.2) is 15.9 Å². The van der Waals surface area contributed by atoms with E-state index in [4.69, 9.17) is 14.2 Å². The fourth-order valence-corrected chi connectivity index (χ4v) is 3.18. The number of nitrogens with one attached hydrogen (secondary N) is 2. The highest BCUT2D eigenvalue weighted by Gasteiger charge is 2.55. The first kappa shape index (κ1) is 14.6. The fourth-order valence-electron chi connectivity index (χ4n) is 3.18. The molecule has 4 heterocycles. The van der Waals surface area contributed by atoms with Crippen molar-refractivity contribution < 1.29 is 19.3 Å². The summed E-state index contributed by atoms with van der Waals surface area (Å²) in [6, 6.07) is 0. The van der Waals surface area contributed by atoms with Gasteiger partial charge in [0.2, 0.25) is 0 Å². The Kier molecular flexibility index (Phi) is 3.00. The maximum atomic E-state index is 11.8. The highest BCUT2D eigenvalue weighted by molar-refractivity contribution is 5.68. The molecule has 0 aliphatic carbocycles. The van der Waals surface area contributed by atoms with E-state index in [2.05, 4.69) is 15.0 Å². The second-order valence-corrected chi connectivity index (χ2v) is 6.07. The minimum absolute atomic E-state index is 0.0929. The van der Waals surface area contributed by atoms with E-state index < -0.39 is 41.6 Å². The number of nitrogens with zero attached hydrogens (tertiary/aromatic N) is 2. The number of aliphatic hydroxyl groups excluding tert-OH is 1. The molecule has 10 nitrogen and oxygen atoms in total. The lowest BCUT2D eigenvalue weighted by Gasteiger charge is -2.24. The maximum absolute atomic E-state index is 11.8. The molecule has 4 rings (SSSR count). The van der Waals surface area contributed by atoms with Gasteiger partial charge < -0.3 is 19.3 Å². The third kappa shape index (κ3) is 2.14. The van der Waals surface area contributed by atoms with Gasteiger partial charge in [0.25, 0.3) is 5.56 Å². The largest absolute Gasteiger partial charge is 0.394 e. The minimum atomic E-state index is -0.813. The summed E-state index contributed by atoms with van der Waals surface area (Å²) >= 11 is 0. The van der Waals surface area contributed by atoms with E-state index >= 15 is 0 Å². The minimum Gasteiger partial charge on any atom is -0.394 e. The van der Waals surface area contributed by atoms with Crippen molar-refractivity contribution in [2.75, 3.05) is 6.61 Å². The van der Waals surface area contributed by atoms with E-state index in [0.29, 0.717) is 0 Å². The van der Waals surface area contributed by atoms with Crippen molar-refractivity contribution in [2.24, 2.45) is 0 Å². The first-order chi connectivity index (χ1) is 10.9. The van der Waals surface area contributed by atoms with Gasteiger partial charge in [0.05, 0.1) is 12.9 Å². The number of aliphatic hydroxyl groups is 1. The predicted octanol–water partition coefficient (Wildman–Crippen LogP) is -1.18. The quantitative estimate of drug-likeness (QED) is 0.633. The molecule has 23 heavy (non-hydrogen) atoms. The third-order valence-electron chi connectivity index (χ3n) is 4.05. The van der Waals surface area contributed by atoms with Crippen LogP contribution < -0.4 is 11.2 Å². The van der Waals surface area contributed by atoms with Crippen molar-refractivity contribution >= 4 is 11.2 Å². The van der Waals surface area contributed by atoms with Crippen molar-refractivity contribution in [2.45, 2.75) is 44.2 Å². The highest BCUT2D eigenvalue weighted by atomic mass is 16.8. The number of hydrogen-bond acceptors (Lipinski definition) is 7. The van der Waals surface area contributed by atoms with Gasteiger partial charge in [-0.05, 0) is 13.8 Å². The van der Waals surface area contributed by atoms with Crippen LogP contribution in [0.4, 0.5) is 0 Å². The molecule has 3 N–H and O–H groups in total. The van der Waals surface area contributed by atoms with Crippen molar-refractivity contribution in [3.63, 3.8) is 0 Å². The predicted molar refractivity (Wildman–Crippen MR) is 75.8 cm³/mol. The molecule has 0 spiro atoms. The molecular weight excluding hydrogens is 308 g/mol. The zero-order chi connectivity index (χ0) is 16.4. The number of ether oxygens (including phenoxy) is 3. The van der Waals surface area contributed by atoms with Gasteiger partial charge in [0.1, 0.15) is 24.0 Å². The van der Waals surface area contributed by atoms with Gasteiger partial charge in [-0.3, -0.25) is 19.3 Å². The topological polar surface area (TPSA) is 131 Å². The Bertz CT molecular complexity index is 867. The molecule has 0 amide bonds. The third-order valence-corrected chi connectivity index (χ3v) is 4.05. The van der Waals surface area contributed by atoms with Crippen LogP contribution in [0, 0.1) is 0 Å². The van der Waals surface area contributed by atoms with Gasteiger partial charge in [0.15, 0.2) is 17.5 Å². The number of aromatic amines is 2. The van der Waals surface area contributed by atoms with E-state index in [9.17, 15) is 14.7 Å². The van der Waals surface area contributed by atoms with Gasteiger partial charge in [-0.1, -0.05) is 0 Å². The Morgan fingerprint density at radius 2 is 2.04 bits per heavy atom. The van der Waals surface area contributed by atoms with Crippen molar-refractivity contribution in [3.8, 4) is 0 Å². The summed E-state index contributed by atoms with van der Waals surface area (Å²) in [6.07, 6.45) is -0.806. The van der Waals surface area contributed by atoms with Gasteiger partial charge in [0, 0.05) is 0 Å². The number of H-pyrrole nitrogens is 2. The maximum Gasteiger partial charge on any atom is 0.327 e. The van der Waals surface area contributed by atoms with Gasteiger partial charge in [-0.15, -0.1) is 0 Å². The zero-order valence-electron chi connectivity index (χ0n) is 12.5. The summed E-state index contributed by atoms with van der Waals surface area (Å²) in [4.78, 5) is 32.0. The van der Waals surface area contributed by atoms with Crippen LogP contribution in [-0.2, 0) is 14.2 Å². The number of aromatic nitrogens is 4. The Hall–Kier alpha value is -2.01. The van der Waals surface area contributed by atoms with Crippen molar-refractivity contribution in [3.05, 3.63) is 27.2 Å². The lowest BCUT2D eigenvalue weighted by atomic mass is 10.1. The molecule has 0 bridgehead atoms. The molecule has 4 unspecified atom stereocenters. The second-order valence-electron chi connectivity index (χ2n) is 6.07.